The highest BCUT2D eigenvalue weighted by Gasteiger charge is 2.16. The number of unbranched alkanes of at least 4 members (excludes halogenated alkanes) is 1. The van der Waals surface area contributed by atoms with Crippen LogP contribution in [0.3, 0.4) is 0 Å². The van der Waals surface area contributed by atoms with E-state index in [9.17, 15) is 19.2 Å². The monoisotopic (exact) mass is 414 g/mol. The van der Waals surface area contributed by atoms with Crippen LogP contribution in [-0.4, -0.2) is 20.9 Å². The SMILES string of the molecule is CCCCn1c(=O)c2sccc2n(CC(=O)Nc2ccc(NC(C)=O)cc2)c1=O. The molecule has 0 atom stereocenters. The number of hydrogen-bond donors (Lipinski definition) is 2. The van der Waals surface area contributed by atoms with Crippen molar-refractivity contribution in [3.63, 3.8) is 0 Å². The van der Waals surface area contributed by atoms with Gasteiger partial charge in [-0.25, -0.2) is 4.79 Å². The molecule has 29 heavy (non-hydrogen) atoms. The lowest BCUT2D eigenvalue weighted by molar-refractivity contribution is -0.117. The Morgan fingerprint density at radius 1 is 1.00 bits per heavy atom. The molecule has 3 aromatic rings. The minimum Gasteiger partial charge on any atom is -0.326 e. The number of aromatic nitrogens is 2. The molecule has 0 fully saturated rings. The normalized spacial score (nSPS) is 10.8. The van der Waals surface area contributed by atoms with E-state index in [-0.39, 0.29) is 23.9 Å². The van der Waals surface area contributed by atoms with E-state index in [2.05, 4.69) is 10.6 Å². The smallest absolute Gasteiger partial charge is 0.326 e. The second-order valence-corrected chi connectivity index (χ2v) is 7.54. The van der Waals surface area contributed by atoms with Gasteiger partial charge in [-0.05, 0) is 42.1 Å². The first kappa shape index (κ1) is 20.5. The third-order valence-corrected chi connectivity index (χ3v) is 5.25. The molecular formula is C20H22N4O4S. The van der Waals surface area contributed by atoms with Crippen molar-refractivity contribution in [1.29, 1.82) is 0 Å². The van der Waals surface area contributed by atoms with Gasteiger partial charge in [0.15, 0.2) is 0 Å². The summed E-state index contributed by atoms with van der Waals surface area (Å²) in [7, 11) is 0. The van der Waals surface area contributed by atoms with Gasteiger partial charge in [0.2, 0.25) is 11.8 Å². The van der Waals surface area contributed by atoms with Crippen LogP contribution in [0.5, 0.6) is 0 Å². The summed E-state index contributed by atoms with van der Waals surface area (Å²) in [6.07, 6.45) is 1.56. The minimum absolute atomic E-state index is 0.181. The largest absolute Gasteiger partial charge is 0.332 e. The van der Waals surface area contributed by atoms with Crippen LogP contribution < -0.4 is 21.9 Å². The van der Waals surface area contributed by atoms with Gasteiger partial charge in [-0.1, -0.05) is 13.3 Å². The zero-order valence-corrected chi connectivity index (χ0v) is 17.0. The lowest BCUT2D eigenvalue weighted by Crippen LogP contribution is -2.41. The van der Waals surface area contributed by atoms with Crippen molar-refractivity contribution in [2.45, 2.75) is 39.8 Å². The molecule has 0 spiro atoms. The van der Waals surface area contributed by atoms with Crippen molar-refractivity contribution in [1.82, 2.24) is 9.13 Å². The molecule has 1 aromatic carbocycles. The Hall–Kier alpha value is -3.20. The van der Waals surface area contributed by atoms with Gasteiger partial charge in [-0.2, -0.15) is 0 Å². The number of carbonyl (C=O) groups is 2. The number of benzene rings is 1. The zero-order valence-electron chi connectivity index (χ0n) is 16.2. The van der Waals surface area contributed by atoms with Gasteiger partial charge in [0.25, 0.3) is 5.56 Å². The summed E-state index contributed by atoms with van der Waals surface area (Å²) < 4.78 is 3.01. The van der Waals surface area contributed by atoms with Gasteiger partial charge < -0.3 is 10.6 Å². The van der Waals surface area contributed by atoms with Crippen LogP contribution in [0.15, 0.2) is 45.3 Å². The first-order valence-corrected chi connectivity index (χ1v) is 10.2. The molecule has 2 aromatic heterocycles. The summed E-state index contributed by atoms with van der Waals surface area (Å²) in [5.74, 6) is -0.563. The maximum absolute atomic E-state index is 12.9. The van der Waals surface area contributed by atoms with Crippen LogP contribution in [0.4, 0.5) is 11.4 Å². The molecule has 0 saturated heterocycles. The predicted octanol–water partition coefficient (Wildman–Crippen LogP) is 2.62. The van der Waals surface area contributed by atoms with Gasteiger partial charge in [-0.3, -0.25) is 23.5 Å². The number of amides is 2. The van der Waals surface area contributed by atoms with Crippen LogP contribution in [0.1, 0.15) is 26.7 Å². The zero-order chi connectivity index (χ0) is 21.0. The van der Waals surface area contributed by atoms with E-state index in [4.69, 9.17) is 0 Å². The van der Waals surface area contributed by atoms with Crippen molar-refractivity contribution >= 4 is 44.7 Å². The average molecular weight is 414 g/mol. The Labute approximate surface area is 170 Å². The van der Waals surface area contributed by atoms with Crippen molar-refractivity contribution < 1.29 is 9.59 Å². The molecule has 0 unspecified atom stereocenters. The Kier molecular flexibility index (Phi) is 6.28. The molecule has 9 heteroatoms. The Morgan fingerprint density at radius 2 is 1.66 bits per heavy atom. The van der Waals surface area contributed by atoms with Gasteiger partial charge in [0, 0.05) is 24.8 Å². The Morgan fingerprint density at radius 3 is 2.28 bits per heavy atom. The first-order valence-electron chi connectivity index (χ1n) is 9.29. The van der Waals surface area contributed by atoms with E-state index in [1.807, 2.05) is 6.92 Å². The highest BCUT2D eigenvalue weighted by atomic mass is 32.1. The summed E-state index contributed by atoms with van der Waals surface area (Å²) in [4.78, 5) is 49.1. The fourth-order valence-electron chi connectivity index (χ4n) is 2.98. The average Bonchev–Trinajstić information content (AvgIpc) is 3.16. The van der Waals surface area contributed by atoms with Crippen LogP contribution in [0.25, 0.3) is 10.2 Å². The number of fused-ring (bicyclic) bond motifs is 1. The lowest BCUT2D eigenvalue weighted by atomic mass is 10.2. The molecule has 0 bridgehead atoms. The second kappa shape index (κ2) is 8.87. The highest BCUT2D eigenvalue weighted by Crippen LogP contribution is 2.16. The van der Waals surface area contributed by atoms with E-state index < -0.39 is 5.69 Å². The van der Waals surface area contributed by atoms with Crippen LogP contribution in [0.2, 0.25) is 0 Å². The van der Waals surface area contributed by atoms with Crippen LogP contribution in [0, 0.1) is 0 Å². The molecule has 3 rings (SSSR count). The fourth-order valence-corrected chi connectivity index (χ4v) is 3.83. The van der Waals surface area contributed by atoms with Gasteiger partial charge in [0.1, 0.15) is 11.2 Å². The van der Waals surface area contributed by atoms with E-state index in [1.165, 1.54) is 27.4 Å². The van der Waals surface area contributed by atoms with Crippen LogP contribution >= 0.6 is 11.3 Å². The summed E-state index contributed by atoms with van der Waals surface area (Å²) in [6, 6.07) is 8.35. The molecule has 2 heterocycles. The summed E-state index contributed by atoms with van der Waals surface area (Å²) in [5, 5.41) is 7.13. The van der Waals surface area contributed by atoms with Gasteiger partial charge in [-0.15, -0.1) is 11.3 Å². The highest BCUT2D eigenvalue weighted by molar-refractivity contribution is 7.17. The van der Waals surface area contributed by atoms with Crippen molar-refractivity contribution in [2.24, 2.45) is 0 Å². The van der Waals surface area contributed by atoms with E-state index in [0.717, 1.165) is 6.42 Å². The number of nitrogens with zero attached hydrogens (tertiary/aromatic N) is 2. The fraction of sp³-hybridized carbons (Fsp3) is 0.300. The van der Waals surface area contributed by atoms with Crippen molar-refractivity contribution in [3.8, 4) is 0 Å². The van der Waals surface area contributed by atoms with E-state index in [0.29, 0.717) is 34.6 Å². The third kappa shape index (κ3) is 4.62. The van der Waals surface area contributed by atoms with Crippen molar-refractivity contribution in [2.75, 3.05) is 10.6 Å². The second-order valence-electron chi connectivity index (χ2n) is 6.62. The van der Waals surface area contributed by atoms with Crippen LogP contribution in [-0.2, 0) is 22.7 Å². The van der Waals surface area contributed by atoms with Gasteiger partial charge >= 0.3 is 5.69 Å². The molecule has 2 N–H and O–H groups in total. The number of rotatable bonds is 7. The minimum atomic E-state index is -0.481. The maximum Gasteiger partial charge on any atom is 0.332 e. The lowest BCUT2D eigenvalue weighted by Gasteiger charge is -2.12. The maximum atomic E-state index is 12.9. The Balaban J connectivity index is 1.84. The number of thiophene rings is 1. The summed E-state index contributed by atoms with van der Waals surface area (Å²) >= 11 is 1.26. The standard InChI is InChI=1S/C20H22N4O4S/c1-3-4-10-23-19(27)18-16(9-11-29-18)24(20(23)28)12-17(26)22-15-7-5-14(6-8-15)21-13(2)25/h5-9,11H,3-4,10,12H2,1-2H3,(H,21,25)(H,22,26). The molecule has 0 saturated carbocycles. The molecule has 0 radical (unpaired) electrons. The molecule has 0 aliphatic carbocycles. The molecule has 8 nitrogen and oxygen atoms in total. The number of anilines is 2. The predicted molar refractivity (Wildman–Crippen MR) is 115 cm³/mol. The topological polar surface area (TPSA) is 102 Å². The molecule has 0 aliphatic heterocycles. The number of carbonyl (C=O) groups excluding carboxylic acids is 2. The number of hydrogen-bond acceptors (Lipinski definition) is 5. The molecule has 152 valence electrons. The summed E-state index contributed by atoms with van der Waals surface area (Å²) in [5.41, 5.74) is 0.839. The van der Waals surface area contributed by atoms with Gasteiger partial charge in [0.05, 0.1) is 5.52 Å². The third-order valence-electron chi connectivity index (χ3n) is 4.36. The summed E-state index contributed by atoms with van der Waals surface area (Å²) in [6.45, 7) is 3.52. The quantitative estimate of drug-likeness (QED) is 0.620. The molecular weight excluding hydrogens is 392 g/mol. The molecule has 0 aliphatic rings. The van der Waals surface area contributed by atoms with E-state index in [1.54, 1.807) is 35.7 Å². The first-order chi connectivity index (χ1) is 13.9. The number of nitrogens with one attached hydrogen (secondary N) is 2. The molecule has 2 amide bonds. The van der Waals surface area contributed by atoms with E-state index >= 15 is 0 Å². The van der Waals surface area contributed by atoms with Crippen molar-refractivity contribution in [3.05, 3.63) is 56.5 Å². The Bertz CT molecular complexity index is 1160.